The van der Waals surface area contributed by atoms with E-state index in [0.717, 1.165) is 11.6 Å². The summed E-state index contributed by atoms with van der Waals surface area (Å²) >= 11 is 5.97. The summed E-state index contributed by atoms with van der Waals surface area (Å²) < 4.78 is 32.0. The van der Waals surface area contributed by atoms with Gasteiger partial charge in [-0.2, -0.15) is 0 Å². The maximum absolute atomic E-state index is 12.2. The van der Waals surface area contributed by atoms with Crippen LogP contribution in [0, 0.1) is 17.0 Å². The van der Waals surface area contributed by atoms with Gasteiger partial charge in [-0.25, -0.2) is 13.1 Å². The number of rotatable bonds is 7. The molecule has 7 nitrogen and oxygen atoms in total. The Hall–Kier alpha value is -2.16. The first-order valence-corrected chi connectivity index (χ1v) is 8.79. The first-order valence-electron chi connectivity index (χ1n) is 6.93. The summed E-state index contributed by atoms with van der Waals surface area (Å²) in [5, 5.41) is 11.5. The average Bonchev–Trinajstić information content (AvgIpc) is 2.55. The molecule has 0 aliphatic rings. The van der Waals surface area contributed by atoms with Crippen molar-refractivity contribution in [2.75, 3.05) is 13.2 Å². The second-order valence-corrected chi connectivity index (χ2v) is 7.02. The van der Waals surface area contributed by atoms with Crippen LogP contribution in [0.5, 0.6) is 5.75 Å². The van der Waals surface area contributed by atoms with Gasteiger partial charge in [-0.15, -0.1) is 0 Å². The highest BCUT2D eigenvalue weighted by molar-refractivity contribution is 7.89. The summed E-state index contributed by atoms with van der Waals surface area (Å²) in [4.78, 5) is 9.80. The van der Waals surface area contributed by atoms with Crippen LogP contribution >= 0.6 is 11.6 Å². The van der Waals surface area contributed by atoms with Crippen LogP contribution in [0.4, 0.5) is 5.69 Å². The number of benzene rings is 2. The van der Waals surface area contributed by atoms with Crippen LogP contribution < -0.4 is 9.46 Å². The van der Waals surface area contributed by atoms with E-state index in [4.69, 9.17) is 16.3 Å². The third-order valence-corrected chi connectivity index (χ3v) is 5.07. The number of ether oxygens (including phenoxy) is 1. The Balaban J connectivity index is 1.98. The van der Waals surface area contributed by atoms with Gasteiger partial charge in [-0.1, -0.05) is 29.8 Å². The zero-order valence-electron chi connectivity index (χ0n) is 12.7. The van der Waals surface area contributed by atoms with Crippen molar-refractivity contribution in [2.24, 2.45) is 0 Å². The lowest BCUT2D eigenvalue weighted by molar-refractivity contribution is -0.387. The van der Waals surface area contributed by atoms with Gasteiger partial charge in [0.25, 0.3) is 5.69 Å². The van der Waals surface area contributed by atoms with Crippen molar-refractivity contribution in [1.29, 1.82) is 0 Å². The van der Waals surface area contributed by atoms with Crippen LogP contribution in [0.3, 0.4) is 0 Å². The number of nitro groups is 1. The van der Waals surface area contributed by atoms with Crippen LogP contribution in [0.15, 0.2) is 47.4 Å². The molecule has 2 aromatic rings. The number of para-hydroxylation sites is 1. The highest BCUT2D eigenvalue weighted by atomic mass is 35.5. The Morgan fingerprint density at radius 3 is 2.62 bits per heavy atom. The SMILES string of the molecule is Cc1ccc(OCCNS(=O)(=O)c2ccccc2[N+](=O)[O-])cc1Cl. The molecule has 0 fully saturated rings. The Kier molecular flexibility index (Phi) is 5.76. The smallest absolute Gasteiger partial charge is 0.289 e. The van der Waals surface area contributed by atoms with Crippen molar-refractivity contribution in [2.45, 2.75) is 11.8 Å². The summed E-state index contributed by atoms with van der Waals surface area (Å²) in [5.74, 6) is 0.510. The van der Waals surface area contributed by atoms with Crippen LogP contribution in [0.2, 0.25) is 5.02 Å². The summed E-state index contributed by atoms with van der Waals surface area (Å²) in [6, 6.07) is 10.3. The second kappa shape index (κ2) is 7.61. The quantitative estimate of drug-likeness (QED) is 0.459. The maximum atomic E-state index is 12.2. The average molecular weight is 371 g/mol. The molecule has 0 bridgehead atoms. The van der Waals surface area contributed by atoms with Gasteiger partial charge in [0.15, 0.2) is 4.90 Å². The maximum Gasteiger partial charge on any atom is 0.289 e. The van der Waals surface area contributed by atoms with E-state index in [0.29, 0.717) is 10.8 Å². The third kappa shape index (κ3) is 4.44. The van der Waals surface area contributed by atoms with E-state index < -0.39 is 20.6 Å². The van der Waals surface area contributed by atoms with Gasteiger partial charge >= 0.3 is 0 Å². The van der Waals surface area contributed by atoms with E-state index in [1.807, 2.05) is 6.92 Å². The Morgan fingerprint density at radius 1 is 1.25 bits per heavy atom. The van der Waals surface area contributed by atoms with Gasteiger partial charge in [0.1, 0.15) is 12.4 Å². The monoisotopic (exact) mass is 370 g/mol. The summed E-state index contributed by atoms with van der Waals surface area (Å²) in [6.07, 6.45) is 0. The second-order valence-electron chi connectivity index (χ2n) is 4.88. The van der Waals surface area contributed by atoms with E-state index in [-0.39, 0.29) is 18.0 Å². The van der Waals surface area contributed by atoms with Crippen molar-refractivity contribution < 1.29 is 18.1 Å². The van der Waals surface area contributed by atoms with Gasteiger partial charge in [0, 0.05) is 17.6 Å². The Morgan fingerprint density at radius 2 is 1.96 bits per heavy atom. The number of nitro benzene ring substituents is 1. The minimum atomic E-state index is -4.00. The fourth-order valence-electron chi connectivity index (χ4n) is 1.92. The number of aryl methyl sites for hydroxylation is 1. The summed E-state index contributed by atoms with van der Waals surface area (Å²) in [7, 11) is -4.00. The Bertz CT molecular complexity index is 855. The van der Waals surface area contributed by atoms with E-state index in [2.05, 4.69) is 4.72 Å². The lowest BCUT2D eigenvalue weighted by Gasteiger charge is -2.09. The molecule has 0 unspecified atom stereocenters. The molecule has 0 heterocycles. The number of hydrogen-bond donors (Lipinski definition) is 1. The van der Waals surface area contributed by atoms with Gasteiger partial charge in [-0.05, 0) is 30.7 Å². The molecule has 2 aromatic carbocycles. The molecule has 0 aromatic heterocycles. The van der Waals surface area contributed by atoms with E-state index in [9.17, 15) is 18.5 Å². The largest absolute Gasteiger partial charge is 0.492 e. The minimum Gasteiger partial charge on any atom is -0.492 e. The van der Waals surface area contributed by atoms with E-state index >= 15 is 0 Å². The molecule has 0 spiro atoms. The number of nitrogens with zero attached hydrogens (tertiary/aromatic N) is 1. The molecule has 9 heteroatoms. The topological polar surface area (TPSA) is 98.5 Å². The fraction of sp³-hybridized carbons (Fsp3) is 0.200. The van der Waals surface area contributed by atoms with Gasteiger partial charge in [0.2, 0.25) is 10.0 Å². The highest BCUT2D eigenvalue weighted by Crippen LogP contribution is 2.23. The number of sulfonamides is 1. The Labute approximate surface area is 144 Å². The molecule has 0 aliphatic carbocycles. The lowest BCUT2D eigenvalue weighted by atomic mass is 10.2. The molecule has 0 radical (unpaired) electrons. The van der Waals surface area contributed by atoms with E-state index in [1.54, 1.807) is 18.2 Å². The van der Waals surface area contributed by atoms with Gasteiger partial charge in [-0.3, -0.25) is 10.1 Å². The predicted octanol–water partition coefficient (Wildman–Crippen LogP) is 2.91. The first kappa shape index (κ1) is 18.2. The van der Waals surface area contributed by atoms with Crippen LogP contribution in [-0.2, 0) is 10.0 Å². The van der Waals surface area contributed by atoms with Gasteiger partial charge in [0.05, 0.1) is 4.92 Å². The number of halogens is 1. The van der Waals surface area contributed by atoms with Crippen molar-refractivity contribution in [3.05, 3.63) is 63.2 Å². The number of hydrogen-bond acceptors (Lipinski definition) is 5. The summed E-state index contributed by atoms with van der Waals surface area (Å²) in [6.45, 7) is 1.87. The van der Waals surface area contributed by atoms with Crippen molar-refractivity contribution >= 4 is 27.3 Å². The third-order valence-electron chi connectivity index (χ3n) is 3.16. The van der Waals surface area contributed by atoms with Crippen LogP contribution in [-0.4, -0.2) is 26.5 Å². The molecule has 24 heavy (non-hydrogen) atoms. The fourth-order valence-corrected chi connectivity index (χ4v) is 3.27. The minimum absolute atomic E-state index is 0.0418. The van der Waals surface area contributed by atoms with Crippen LogP contribution in [0.25, 0.3) is 0 Å². The predicted molar refractivity (Wildman–Crippen MR) is 90.0 cm³/mol. The molecule has 128 valence electrons. The molecule has 0 amide bonds. The molecule has 0 saturated heterocycles. The molecule has 0 aliphatic heterocycles. The molecule has 0 saturated carbocycles. The van der Waals surface area contributed by atoms with Crippen molar-refractivity contribution in [3.8, 4) is 5.75 Å². The summed E-state index contributed by atoms with van der Waals surface area (Å²) in [5.41, 5.74) is 0.428. The zero-order chi connectivity index (χ0) is 17.7. The zero-order valence-corrected chi connectivity index (χ0v) is 14.3. The molecular formula is C15H15ClN2O5S. The lowest BCUT2D eigenvalue weighted by Crippen LogP contribution is -2.28. The first-order chi connectivity index (χ1) is 11.3. The highest BCUT2D eigenvalue weighted by Gasteiger charge is 2.24. The molecular weight excluding hydrogens is 356 g/mol. The van der Waals surface area contributed by atoms with Crippen LogP contribution in [0.1, 0.15) is 5.56 Å². The number of nitrogens with one attached hydrogen (secondary N) is 1. The normalized spacial score (nSPS) is 11.2. The molecule has 0 atom stereocenters. The standard InChI is InChI=1S/C15H15ClN2O5S/c1-11-6-7-12(10-13(11)16)23-9-8-17-24(21,22)15-5-3-2-4-14(15)18(19)20/h2-7,10,17H,8-9H2,1H3. The van der Waals surface area contributed by atoms with Gasteiger partial charge < -0.3 is 4.74 Å². The van der Waals surface area contributed by atoms with E-state index in [1.165, 1.54) is 18.2 Å². The molecule has 1 N–H and O–H groups in total. The molecule has 2 rings (SSSR count). The van der Waals surface area contributed by atoms with Crippen molar-refractivity contribution in [3.63, 3.8) is 0 Å². The van der Waals surface area contributed by atoms with Crippen molar-refractivity contribution in [1.82, 2.24) is 4.72 Å².